The molecular formula is C13H12N5NaO6S2. The number of fused-ring (bicyclic) bond motifs is 1. The average molecular weight is 421 g/mol. The van der Waals surface area contributed by atoms with E-state index in [4.69, 9.17) is 10.9 Å². The van der Waals surface area contributed by atoms with Gasteiger partial charge in [0.15, 0.2) is 10.8 Å². The van der Waals surface area contributed by atoms with E-state index in [0.717, 1.165) is 16.2 Å². The van der Waals surface area contributed by atoms with Crippen LogP contribution in [0.25, 0.3) is 0 Å². The summed E-state index contributed by atoms with van der Waals surface area (Å²) in [5.74, 6) is -2.93. The molecule has 1 unspecified atom stereocenters. The molecule has 1 aromatic heterocycles. The molecule has 27 heavy (non-hydrogen) atoms. The molecule has 2 amide bonds. The summed E-state index contributed by atoms with van der Waals surface area (Å²) in [6, 6.07) is -1.02. The SMILES string of the molecule is Nc1nc(C(=NO)C(=O)NC2C(=O)N3C(C(=O)[O-])=C(CO)CS[C@H]23)cs1.[Na+]. The van der Waals surface area contributed by atoms with Crippen molar-refractivity contribution in [3.8, 4) is 0 Å². The first-order valence-electron chi connectivity index (χ1n) is 7.12. The molecule has 0 radical (unpaired) electrons. The second kappa shape index (κ2) is 8.58. The predicted molar refractivity (Wildman–Crippen MR) is 89.0 cm³/mol. The number of nitrogens with one attached hydrogen (secondary N) is 1. The number of carboxylic acids is 1. The zero-order valence-electron chi connectivity index (χ0n) is 13.9. The Bertz CT molecular complexity index is 856. The molecule has 2 aliphatic rings. The van der Waals surface area contributed by atoms with Gasteiger partial charge in [-0.25, -0.2) is 4.98 Å². The van der Waals surface area contributed by atoms with Gasteiger partial charge in [0.2, 0.25) is 0 Å². The molecule has 3 heterocycles. The molecule has 0 spiro atoms. The van der Waals surface area contributed by atoms with Crippen molar-refractivity contribution in [3.05, 3.63) is 22.3 Å². The van der Waals surface area contributed by atoms with Gasteiger partial charge >= 0.3 is 29.6 Å². The minimum Gasteiger partial charge on any atom is -0.543 e. The number of hydrogen-bond donors (Lipinski definition) is 4. The van der Waals surface area contributed by atoms with Crippen molar-refractivity contribution in [2.24, 2.45) is 5.16 Å². The van der Waals surface area contributed by atoms with E-state index in [1.165, 1.54) is 17.1 Å². The quantitative estimate of drug-likeness (QED) is 0.118. The molecule has 0 saturated carbocycles. The first-order chi connectivity index (χ1) is 12.4. The largest absolute Gasteiger partial charge is 1.00 e. The standard InChI is InChI=1S/C13H13N5O6S2.Na/c14-13-15-5(3-26-13)6(17-24)9(20)16-7-10(21)18-8(12(22)23)4(1-19)2-25-11(7)18;/h3,7,11,19,24H,1-2H2,(H2,14,15)(H,16,20)(H,22,23);/q;+1/p-1/t7?,11-;/m1./s1. The number of thioether (sulfide) groups is 1. The number of aliphatic hydroxyl groups is 1. The summed E-state index contributed by atoms with van der Waals surface area (Å²) in [6.45, 7) is -0.517. The van der Waals surface area contributed by atoms with Crippen LogP contribution in [0.15, 0.2) is 21.8 Å². The van der Waals surface area contributed by atoms with E-state index < -0.39 is 41.5 Å². The number of aromatic nitrogens is 1. The third-order valence-electron chi connectivity index (χ3n) is 3.80. The number of thiazole rings is 1. The number of oxime groups is 1. The molecule has 0 aliphatic carbocycles. The molecule has 1 saturated heterocycles. The fraction of sp³-hybridized carbons (Fsp3) is 0.308. The van der Waals surface area contributed by atoms with Crippen molar-refractivity contribution in [2.45, 2.75) is 11.4 Å². The number of carboxylic acid groups (broad SMARTS) is 1. The Balaban J connectivity index is 0.00000261. The topological polar surface area (TPSA) is 181 Å². The Morgan fingerprint density at radius 3 is 2.74 bits per heavy atom. The summed E-state index contributed by atoms with van der Waals surface area (Å²) in [6.07, 6.45) is 0. The molecule has 1 aromatic rings. The maximum Gasteiger partial charge on any atom is 1.00 e. The van der Waals surface area contributed by atoms with Gasteiger partial charge in [-0.2, -0.15) is 0 Å². The molecule has 14 heteroatoms. The molecule has 5 N–H and O–H groups in total. The summed E-state index contributed by atoms with van der Waals surface area (Å²) in [5, 5.41) is 35.8. The maximum absolute atomic E-state index is 12.3. The van der Waals surface area contributed by atoms with E-state index in [9.17, 15) is 24.6 Å². The Hall–Kier alpha value is -1.64. The zero-order chi connectivity index (χ0) is 19.0. The number of nitrogens with two attached hydrogens (primary N) is 1. The van der Waals surface area contributed by atoms with Crippen molar-refractivity contribution in [1.82, 2.24) is 15.2 Å². The molecule has 3 rings (SSSR count). The van der Waals surface area contributed by atoms with Crippen LogP contribution < -0.4 is 45.7 Å². The van der Waals surface area contributed by atoms with E-state index in [1.54, 1.807) is 0 Å². The summed E-state index contributed by atoms with van der Waals surface area (Å²) >= 11 is 2.23. The first-order valence-corrected chi connectivity index (χ1v) is 9.05. The van der Waals surface area contributed by atoms with Crippen molar-refractivity contribution in [1.29, 1.82) is 0 Å². The maximum atomic E-state index is 12.3. The second-order valence-electron chi connectivity index (χ2n) is 5.28. The normalized spacial score (nSPS) is 21.9. The minimum atomic E-state index is -1.58. The fourth-order valence-electron chi connectivity index (χ4n) is 2.61. The van der Waals surface area contributed by atoms with Crippen molar-refractivity contribution in [3.63, 3.8) is 0 Å². The molecule has 0 aromatic carbocycles. The Morgan fingerprint density at radius 1 is 1.52 bits per heavy atom. The van der Waals surface area contributed by atoms with E-state index in [1.807, 2.05) is 0 Å². The van der Waals surface area contributed by atoms with Gasteiger partial charge in [0, 0.05) is 11.1 Å². The van der Waals surface area contributed by atoms with E-state index >= 15 is 0 Å². The Kier molecular flexibility index (Phi) is 6.88. The van der Waals surface area contributed by atoms with Crippen LogP contribution in [-0.2, 0) is 14.4 Å². The number of β-lactam (4-membered cyclic amide) rings is 1. The first kappa shape index (κ1) is 21.7. The molecule has 2 atom stereocenters. The molecule has 0 bridgehead atoms. The number of nitrogen functional groups attached to an aromatic ring is 1. The summed E-state index contributed by atoms with van der Waals surface area (Å²) in [5.41, 5.74) is 4.89. The summed E-state index contributed by atoms with van der Waals surface area (Å²) < 4.78 is 0. The summed E-state index contributed by atoms with van der Waals surface area (Å²) in [4.78, 5) is 40.7. The molecule has 138 valence electrons. The minimum absolute atomic E-state index is 0. The number of aliphatic carboxylic acids is 1. The number of rotatable bonds is 5. The number of amides is 2. The van der Waals surface area contributed by atoms with E-state index in [-0.39, 0.29) is 57.4 Å². The van der Waals surface area contributed by atoms with Gasteiger partial charge in [-0.05, 0) is 5.57 Å². The van der Waals surface area contributed by atoms with Gasteiger partial charge in [-0.3, -0.25) is 14.5 Å². The van der Waals surface area contributed by atoms with Crippen LogP contribution in [-0.4, -0.2) is 67.5 Å². The number of anilines is 1. The molecular weight excluding hydrogens is 409 g/mol. The third kappa shape index (κ3) is 3.83. The van der Waals surface area contributed by atoms with Crippen molar-refractivity contribution < 1.29 is 59.4 Å². The number of carbonyl (C=O) groups excluding carboxylic acids is 3. The van der Waals surface area contributed by atoms with Crippen molar-refractivity contribution >= 4 is 51.7 Å². The van der Waals surface area contributed by atoms with Gasteiger partial charge in [-0.1, -0.05) is 5.16 Å². The van der Waals surface area contributed by atoms with Crippen LogP contribution in [0.1, 0.15) is 5.69 Å². The van der Waals surface area contributed by atoms with E-state index in [2.05, 4.69) is 15.5 Å². The molecule has 11 nitrogen and oxygen atoms in total. The smallest absolute Gasteiger partial charge is 0.543 e. The van der Waals surface area contributed by atoms with Crippen LogP contribution in [0.2, 0.25) is 0 Å². The van der Waals surface area contributed by atoms with Crippen LogP contribution in [0.5, 0.6) is 0 Å². The second-order valence-corrected chi connectivity index (χ2v) is 7.27. The van der Waals surface area contributed by atoms with Crippen LogP contribution in [0.4, 0.5) is 5.13 Å². The molecule has 1 fully saturated rings. The zero-order valence-corrected chi connectivity index (χ0v) is 17.5. The van der Waals surface area contributed by atoms with Crippen LogP contribution in [0.3, 0.4) is 0 Å². The molecule has 2 aliphatic heterocycles. The Morgan fingerprint density at radius 2 is 2.22 bits per heavy atom. The van der Waals surface area contributed by atoms with Gasteiger partial charge in [-0.15, -0.1) is 23.1 Å². The third-order valence-corrected chi connectivity index (χ3v) is 5.81. The Labute approximate surface area is 182 Å². The van der Waals surface area contributed by atoms with Gasteiger partial charge < -0.3 is 31.3 Å². The van der Waals surface area contributed by atoms with Gasteiger partial charge in [0.1, 0.15) is 17.1 Å². The number of hydrogen-bond acceptors (Lipinski definition) is 11. The predicted octanol–water partition coefficient (Wildman–Crippen LogP) is -5.70. The van der Waals surface area contributed by atoms with Gasteiger partial charge in [0.25, 0.3) is 11.8 Å². The summed E-state index contributed by atoms with van der Waals surface area (Å²) in [7, 11) is 0. The monoisotopic (exact) mass is 421 g/mol. The number of aliphatic hydroxyl groups excluding tert-OH is 1. The average Bonchev–Trinajstić information content (AvgIpc) is 3.04. The van der Waals surface area contributed by atoms with Crippen LogP contribution in [0, 0.1) is 0 Å². The van der Waals surface area contributed by atoms with Crippen molar-refractivity contribution in [2.75, 3.05) is 18.1 Å². The number of nitrogens with zero attached hydrogens (tertiary/aromatic N) is 3. The van der Waals surface area contributed by atoms with E-state index in [0.29, 0.717) is 0 Å². The van der Waals surface area contributed by atoms with Gasteiger partial charge in [0.05, 0.1) is 18.3 Å². The van der Waals surface area contributed by atoms with Crippen LogP contribution >= 0.6 is 23.1 Å². The fourth-order valence-corrected chi connectivity index (χ4v) is 4.50. The number of carbonyl (C=O) groups is 3.